The zero-order valence-electron chi connectivity index (χ0n) is 12.8. The zero-order valence-corrected chi connectivity index (χ0v) is 12.8. The number of alkyl halides is 3. The Balaban J connectivity index is 0.000000298. The minimum absolute atomic E-state index is 0.369. The predicted octanol–water partition coefficient (Wildman–Crippen LogP) is 3.30. The number of carbonyl (C=O) groups is 1. The number of aromatic nitrogens is 3. The van der Waals surface area contributed by atoms with E-state index in [4.69, 9.17) is 19.7 Å². The molecule has 0 fully saturated rings. The molecule has 0 spiro atoms. The fraction of sp³-hybridized carbons (Fsp3) is 0.0625. The molecule has 26 heavy (non-hydrogen) atoms. The molecule has 0 amide bonds. The molecule has 0 saturated heterocycles. The highest BCUT2D eigenvalue weighted by molar-refractivity contribution is 5.73. The summed E-state index contributed by atoms with van der Waals surface area (Å²) in [5, 5.41) is 20.0. The number of hydrogen-bond donors (Lipinski definition) is 1. The first-order valence-electron chi connectivity index (χ1n) is 6.86. The van der Waals surface area contributed by atoms with Crippen LogP contribution >= 0.6 is 0 Å². The minimum atomic E-state index is -5.08. The maximum Gasteiger partial charge on any atom is 0.490 e. The van der Waals surface area contributed by atoms with Crippen LogP contribution in [0.4, 0.5) is 13.2 Å². The van der Waals surface area contributed by atoms with Gasteiger partial charge in [0.1, 0.15) is 23.7 Å². The van der Waals surface area contributed by atoms with Gasteiger partial charge < -0.3 is 9.63 Å². The number of carboxylic acids is 1. The Labute approximate surface area is 144 Å². The molecule has 7 nitrogen and oxygen atoms in total. The molecule has 2 heterocycles. The summed E-state index contributed by atoms with van der Waals surface area (Å²) in [6.07, 6.45) is -2.14. The van der Waals surface area contributed by atoms with Crippen molar-refractivity contribution in [2.24, 2.45) is 0 Å². The Bertz CT molecular complexity index is 920. The molecule has 10 heteroatoms. The van der Waals surface area contributed by atoms with Crippen molar-refractivity contribution in [3.05, 3.63) is 54.4 Å². The number of carboxylic acid groups (broad SMARTS) is 1. The van der Waals surface area contributed by atoms with Gasteiger partial charge in [-0.3, -0.25) is 0 Å². The summed E-state index contributed by atoms with van der Waals surface area (Å²) in [7, 11) is 0. The van der Waals surface area contributed by atoms with Crippen LogP contribution in [0.15, 0.2) is 53.4 Å². The van der Waals surface area contributed by atoms with Crippen molar-refractivity contribution in [1.29, 1.82) is 5.26 Å². The summed E-state index contributed by atoms with van der Waals surface area (Å²) in [6, 6.07) is 13.3. The van der Waals surface area contributed by atoms with Crippen molar-refractivity contribution < 1.29 is 27.6 Å². The lowest BCUT2D eigenvalue weighted by atomic mass is 10.1. The molecule has 0 unspecified atom stereocenters. The first-order chi connectivity index (χ1) is 12.3. The van der Waals surface area contributed by atoms with Gasteiger partial charge in [-0.2, -0.15) is 18.4 Å². The van der Waals surface area contributed by atoms with Crippen LogP contribution in [-0.2, 0) is 4.79 Å². The lowest BCUT2D eigenvalue weighted by molar-refractivity contribution is -0.192. The summed E-state index contributed by atoms with van der Waals surface area (Å²) in [5.41, 5.74) is 2.26. The fourth-order valence-corrected chi connectivity index (χ4v) is 1.72. The quantitative estimate of drug-likeness (QED) is 0.744. The maximum atomic E-state index is 10.6. The van der Waals surface area contributed by atoms with Crippen molar-refractivity contribution in [2.45, 2.75) is 6.18 Å². The van der Waals surface area contributed by atoms with Crippen LogP contribution in [0.3, 0.4) is 0 Å². The molecular weight excluding hydrogens is 353 g/mol. The first kappa shape index (κ1) is 18.6. The largest absolute Gasteiger partial charge is 0.490 e. The lowest BCUT2D eigenvalue weighted by Gasteiger charge is -2.03. The van der Waals surface area contributed by atoms with Gasteiger partial charge >= 0.3 is 12.1 Å². The topological polar surface area (TPSA) is 113 Å². The van der Waals surface area contributed by atoms with E-state index in [2.05, 4.69) is 21.2 Å². The highest BCUT2D eigenvalue weighted by Gasteiger charge is 2.38. The average Bonchev–Trinajstić information content (AvgIpc) is 3.16. The van der Waals surface area contributed by atoms with Crippen molar-refractivity contribution in [3.8, 4) is 28.8 Å². The lowest BCUT2D eigenvalue weighted by Crippen LogP contribution is -2.21. The van der Waals surface area contributed by atoms with E-state index in [1.54, 1.807) is 6.07 Å². The van der Waals surface area contributed by atoms with Gasteiger partial charge in [-0.15, -0.1) is 0 Å². The highest BCUT2D eigenvalue weighted by Crippen LogP contribution is 2.22. The third-order valence-electron chi connectivity index (χ3n) is 2.86. The van der Waals surface area contributed by atoms with Gasteiger partial charge in [0.2, 0.25) is 0 Å². The molecule has 1 aromatic carbocycles. The van der Waals surface area contributed by atoms with Crippen molar-refractivity contribution >= 4 is 5.97 Å². The van der Waals surface area contributed by atoms with E-state index in [1.165, 1.54) is 12.5 Å². The third kappa shape index (κ3) is 4.64. The molecular formula is C16H9F3N4O3. The molecule has 0 saturated carbocycles. The van der Waals surface area contributed by atoms with E-state index in [0.717, 1.165) is 5.56 Å². The van der Waals surface area contributed by atoms with E-state index in [1.807, 2.05) is 30.3 Å². The zero-order chi connectivity index (χ0) is 19.2. The van der Waals surface area contributed by atoms with Crippen LogP contribution < -0.4 is 0 Å². The molecule has 1 N–H and O–H groups in total. The number of rotatable bonds is 2. The van der Waals surface area contributed by atoms with Crippen molar-refractivity contribution in [2.75, 3.05) is 0 Å². The average molecular weight is 362 g/mol. The van der Waals surface area contributed by atoms with Crippen molar-refractivity contribution in [3.63, 3.8) is 0 Å². The predicted molar refractivity (Wildman–Crippen MR) is 81.4 cm³/mol. The second kappa shape index (κ2) is 7.89. The molecule has 0 atom stereocenters. The number of aliphatic carboxylic acids is 1. The molecule has 0 aliphatic rings. The summed E-state index contributed by atoms with van der Waals surface area (Å²) < 4.78 is 36.5. The number of halogens is 3. The van der Waals surface area contributed by atoms with Crippen LogP contribution in [-0.4, -0.2) is 32.4 Å². The molecule has 0 radical (unpaired) electrons. The van der Waals surface area contributed by atoms with E-state index in [9.17, 15) is 13.2 Å². The van der Waals surface area contributed by atoms with Gasteiger partial charge in [0.25, 0.3) is 0 Å². The van der Waals surface area contributed by atoms with Gasteiger partial charge in [0, 0.05) is 17.8 Å². The summed E-state index contributed by atoms with van der Waals surface area (Å²) in [6.45, 7) is 0. The standard InChI is InChI=1S/C14H8N4O.C2HF3O2/c15-8-11-9-16-14(10-4-2-1-3-5-10)17-13(11)12-6-7-19-18-12;3-2(4,5)1(6)7/h1-7,9H;(H,6,7). The van der Waals surface area contributed by atoms with E-state index >= 15 is 0 Å². The SMILES string of the molecule is N#Cc1cnc(-c2ccccc2)nc1-c1ccon1.O=C(O)C(F)(F)F. The van der Waals surface area contributed by atoms with Crippen molar-refractivity contribution in [1.82, 2.24) is 15.1 Å². The highest BCUT2D eigenvalue weighted by atomic mass is 19.4. The van der Waals surface area contributed by atoms with Gasteiger partial charge in [0.05, 0.1) is 5.56 Å². The minimum Gasteiger partial charge on any atom is -0.475 e. The molecule has 0 aliphatic heterocycles. The van der Waals surface area contributed by atoms with Gasteiger partial charge in [-0.25, -0.2) is 14.8 Å². The van der Waals surface area contributed by atoms with Crippen LogP contribution in [0.2, 0.25) is 0 Å². The number of nitriles is 1. The maximum absolute atomic E-state index is 10.6. The number of nitrogens with zero attached hydrogens (tertiary/aromatic N) is 4. The second-order valence-electron chi connectivity index (χ2n) is 4.62. The van der Waals surface area contributed by atoms with Crippen LogP contribution in [0, 0.1) is 11.3 Å². The molecule has 132 valence electrons. The fourth-order valence-electron chi connectivity index (χ4n) is 1.72. The smallest absolute Gasteiger partial charge is 0.475 e. The molecule has 3 rings (SSSR count). The Morgan fingerprint density at radius 1 is 1.19 bits per heavy atom. The normalized spacial score (nSPS) is 10.4. The van der Waals surface area contributed by atoms with Crippen LogP contribution in [0.5, 0.6) is 0 Å². The second-order valence-corrected chi connectivity index (χ2v) is 4.62. The first-order valence-corrected chi connectivity index (χ1v) is 6.86. The molecule has 2 aromatic heterocycles. The molecule has 0 bridgehead atoms. The van der Waals surface area contributed by atoms with Crippen LogP contribution in [0.1, 0.15) is 5.56 Å². The Hall–Kier alpha value is -3.74. The number of hydrogen-bond acceptors (Lipinski definition) is 6. The molecule has 3 aromatic rings. The molecule has 0 aliphatic carbocycles. The van der Waals surface area contributed by atoms with Gasteiger partial charge in [0.15, 0.2) is 5.82 Å². The number of benzene rings is 1. The van der Waals surface area contributed by atoms with E-state index in [-0.39, 0.29) is 0 Å². The third-order valence-corrected chi connectivity index (χ3v) is 2.86. The summed E-state index contributed by atoms with van der Waals surface area (Å²) in [4.78, 5) is 17.5. The Morgan fingerprint density at radius 3 is 2.35 bits per heavy atom. The summed E-state index contributed by atoms with van der Waals surface area (Å²) >= 11 is 0. The Morgan fingerprint density at radius 2 is 1.85 bits per heavy atom. The van der Waals surface area contributed by atoms with E-state index in [0.29, 0.717) is 22.8 Å². The van der Waals surface area contributed by atoms with E-state index < -0.39 is 12.1 Å². The van der Waals surface area contributed by atoms with Crippen LogP contribution in [0.25, 0.3) is 22.8 Å². The van der Waals surface area contributed by atoms with Gasteiger partial charge in [-0.05, 0) is 0 Å². The monoisotopic (exact) mass is 362 g/mol. The summed E-state index contributed by atoms with van der Waals surface area (Å²) in [5.74, 6) is -2.20. The Kier molecular flexibility index (Phi) is 5.64. The van der Waals surface area contributed by atoms with Gasteiger partial charge in [-0.1, -0.05) is 35.5 Å².